The molecule has 0 fully saturated rings. The van der Waals surface area contributed by atoms with Crippen molar-refractivity contribution in [3.05, 3.63) is 35.9 Å². The van der Waals surface area contributed by atoms with Gasteiger partial charge in [-0.1, -0.05) is 30.3 Å². The Morgan fingerprint density at radius 3 is 2.32 bits per heavy atom. The second-order valence-electron chi connectivity index (χ2n) is 7.30. The SMILES string of the molecule is CNC(=O)[C@H](CCCCNC(=O)OCc1ccccc1)NC(=O)OC(C)(C)C. The maximum atomic E-state index is 11.9. The molecule has 0 aromatic heterocycles. The number of carbonyl (C=O) groups excluding carboxylic acids is 3. The number of carbonyl (C=O) groups is 3. The van der Waals surface area contributed by atoms with Gasteiger partial charge in [0.15, 0.2) is 0 Å². The molecule has 8 heteroatoms. The summed E-state index contributed by atoms with van der Waals surface area (Å²) >= 11 is 0. The van der Waals surface area contributed by atoms with Crippen LogP contribution in [0.25, 0.3) is 0 Å². The number of likely N-dealkylation sites (N-methyl/N-ethyl adjacent to an activating group) is 1. The van der Waals surface area contributed by atoms with Gasteiger partial charge in [-0.25, -0.2) is 9.59 Å². The lowest BCUT2D eigenvalue weighted by Gasteiger charge is -2.23. The number of alkyl carbamates (subject to hydrolysis) is 2. The number of ether oxygens (including phenoxy) is 2. The molecule has 1 atom stereocenters. The Morgan fingerprint density at radius 2 is 1.71 bits per heavy atom. The zero-order chi connectivity index (χ0) is 21.0. The van der Waals surface area contributed by atoms with Gasteiger partial charge in [-0.3, -0.25) is 4.79 Å². The third-order valence-electron chi connectivity index (χ3n) is 3.66. The minimum Gasteiger partial charge on any atom is -0.445 e. The Labute approximate surface area is 166 Å². The summed E-state index contributed by atoms with van der Waals surface area (Å²) in [7, 11) is 1.51. The first kappa shape index (κ1) is 23.3. The van der Waals surface area contributed by atoms with Crippen LogP contribution in [0.2, 0.25) is 0 Å². The van der Waals surface area contributed by atoms with Crippen LogP contribution in [0.1, 0.15) is 45.6 Å². The van der Waals surface area contributed by atoms with Gasteiger partial charge in [0.1, 0.15) is 18.2 Å². The highest BCUT2D eigenvalue weighted by molar-refractivity contribution is 5.85. The molecule has 0 heterocycles. The fourth-order valence-electron chi connectivity index (χ4n) is 2.33. The quantitative estimate of drug-likeness (QED) is 0.560. The van der Waals surface area contributed by atoms with E-state index in [9.17, 15) is 14.4 Å². The summed E-state index contributed by atoms with van der Waals surface area (Å²) in [5, 5.41) is 7.77. The van der Waals surface area contributed by atoms with Gasteiger partial charge in [-0.05, 0) is 45.6 Å². The summed E-state index contributed by atoms with van der Waals surface area (Å²) in [6.45, 7) is 5.89. The van der Waals surface area contributed by atoms with Crippen LogP contribution in [0, 0.1) is 0 Å². The van der Waals surface area contributed by atoms with E-state index < -0.39 is 23.8 Å². The number of hydrogen-bond acceptors (Lipinski definition) is 5. The fraction of sp³-hybridized carbons (Fsp3) is 0.550. The van der Waals surface area contributed by atoms with Crippen molar-refractivity contribution in [2.75, 3.05) is 13.6 Å². The lowest BCUT2D eigenvalue weighted by atomic mass is 10.1. The number of unbranched alkanes of at least 4 members (excludes halogenated alkanes) is 1. The summed E-state index contributed by atoms with van der Waals surface area (Å²) in [5.74, 6) is -0.291. The van der Waals surface area contributed by atoms with Crippen molar-refractivity contribution in [1.29, 1.82) is 0 Å². The molecule has 0 spiro atoms. The predicted molar refractivity (Wildman–Crippen MR) is 106 cm³/mol. The van der Waals surface area contributed by atoms with Crippen molar-refractivity contribution < 1.29 is 23.9 Å². The van der Waals surface area contributed by atoms with Gasteiger partial charge < -0.3 is 25.4 Å². The maximum absolute atomic E-state index is 11.9. The largest absolute Gasteiger partial charge is 0.445 e. The highest BCUT2D eigenvalue weighted by Gasteiger charge is 2.23. The molecular formula is C20H31N3O5. The van der Waals surface area contributed by atoms with Crippen molar-refractivity contribution in [1.82, 2.24) is 16.0 Å². The molecule has 0 aliphatic rings. The Balaban J connectivity index is 2.27. The molecule has 156 valence electrons. The third kappa shape index (κ3) is 10.4. The van der Waals surface area contributed by atoms with Crippen molar-refractivity contribution in [2.24, 2.45) is 0 Å². The Bertz CT molecular complexity index is 628. The Hall–Kier alpha value is -2.77. The average molecular weight is 393 g/mol. The van der Waals surface area contributed by atoms with Gasteiger partial charge in [0.2, 0.25) is 5.91 Å². The molecule has 0 radical (unpaired) electrons. The second kappa shape index (κ2) is 11.8. The van der Waals surface area contributed by atoms with Crippen LogP contribution in [0.3, 0.4) is 0 Å². The summed E-state index contributed by atoms with van der Waals surface area (Å²) in [6.07, 6.45) is 0.582. The van der Waals surface area contributed by atoms with E-state index in [1.165, 1.54) is 7.05 Å². The van der Waals surface area contributed by atoms with E-state index >= 15 is 0 Å². The zero-order valence-electron chi connectivity index (χ0n) is 17.0. The van der Waals surface area contributed by atoms with E-state index in [-0.39, 0.29) is 12.5 Å². The molecule has 3 amide bonds. The molecular weight excluding hydrogens is 362 g/mol. The number of nitrogens with one attached hydrogen (secondary N) is 3. The summed E-state index contributed by atoms with van der Waals surface area (Å²) < 4.78 is 10.3. The Kier molecular flexibility index (Phi) is 9.84. The lowest BCUT2D eigenvalue weighted by Crippen LogP contribution is -2.47. The molecule has 8 nitrogen and oxygen atoms in total. The summed E-state index contributed by atoms with van der Waals surface area (Å²) in [5.41, 5.74) is 0.278. The minimum absolute atomic E-state index is 0.214. The van der Waals surface area contributed by atoms with Gasteiger partial charge in [-0.15, -0.1) is 0 Å². The van der Waals surface area contributed by atoms with Crippen LogP contribution in [-0.4, -0.2) is 43.3 Å². The first-order chi connectivity index (χ1) is 13.2. The van der Waals surface area contributed by atoms with Gasteiger partial charge in [0.25, 0.3) is 0 Å². The maximum Gasteiger partial charge on any atom is 0.408 e. The fourth-order valence-corrected chi connectivity index (χ4v) is 2.33. The van der Waals surface area contributed by atoms with E-state index in [1.807, 2.05) is 30.3 Å². The molecule has 0 saturated heterocycles. The van der Waals surface area contributed by atoms with Crippen molar-refractivity contribution in [3.63, 3.8) is 0 Å². The first-order valence-electron chi connectivity index (χ1n) is 9.37. The molecule has 0 unspecified atom stereocenters. The molecule has 1 rings (SSSR count). The highest BCUT2D eigenvalue weighted by Crippen LogP contribution is 2.08. The van der Waals surface area contributed by atoms with E-state index in [4.69, 9.17) is 9.47 Å². The molecule has 0 bridgehead atoms. The van der Waals surface area contributed by atoms with Crippen LogP contribution in [-0.2, 0) is 20.9 Å². The second-order valence-corrected chi connectivity index (χ2v) is 7.30. The molecule has 3 N–H and O–H groups in total. The molecule has 0 aliphatic heterocycles. The monoisotopic (exact) mass is 393 g/mol. The van der Waals surface area contributed by atoms with Crippen LogP contribution in [0.5, 0.6) is 0 Å². The van der Waals surface area contributed by atoms with Gasteiger partial charge in [0, 0.05) is 13.6 Å². The number of rotatable bonds is 9. The number of amides is 3. The van der Waals surface area contributed by atoms with Crippen molar-refractivity contribution in [3.8, 4) is 0 Å². The predicted octanol–water partition coefficient (Wildman–Crippen LogP) is 2.72. The molecule has 1 aromatic carbocycles. The normalized spacial score (nSPS) is 11.9. The smallest absolute Gasteiger partial charge is 0.408 e. The number of hydrogen-bond donors (Lipinski definition) is 3. The molecule has 1 aromatic rings. The van der Waals surface area contributed by atoms with E-state index in [1.54, 1.807) is 20.8 Å². The molecule has 0 saturated carbocycles. The van der Waals surface area contributed by atoms with E-state index in [0.29, 0.717) is 25.8 Å². The summed E-state index contributed by atoms with van der Waals surface area (Å²) in [6, 6.07) is 8.72. The van der Waals surface area contributed by atoms with Crippen LogP contribution < -0.4 is 16.0 Å². The third-order valence-corrected chi connectivity index (χ3v) is 3.66. The van der Waals surface area contributed by atoms with Gasteiger partial charge in [0.05, 0.1) is 0 Å². The topological polar surface area (TPSA) is 106 Å². The molecule has 0 aliphatic carbocycles. The van der Waals surface area contributed by atoms with Crippen LogP contribution >= 0.6 is 0 Å². The highest BCUT2D eigenvalue weighted by atomic mass is 16.6. The van der Waals surface area contributed by atoms with E-state index in [0.717, 1.165) is 5.56 Å². The van der Waals surface area contributed by atoms with Crippen LogP contribution in [0.4, 0.5) is 9.59 Å². The zero-order valence-corrected chi connectivity index (χ0v) is 17.0. The lowest BCUT2D eigenvalue weighted by molar-refractivity contribution is -0.122. The molecule has 28 heavy (non-hydrogen) atoms. The number of benzene rings is 1. The first-order valence-corrected chi connectivity index (χ1v) is 9.37. The van der Waals surface area contributed by atoms with Gasteiger partial charge in [-0.2, -0.15) is 0 Å². The van der Waals surface area contributed by atoms with Gasteiger partial charge >= 0.3 is 12.2 Å². The average Bonchev–Trinajstić information content (AvgIpc) is 2.63. The van der Waals surface area contributed by atoms with E-state index in [2.05, 4.69) is 16.0 Å². The van der Waals surface area contributed by atoms with Crippen molar-refractivity contribution >= 4 is 18.1 Å². The minimum atomic E-state index is -0.690. The standard InChI is InChI=1S/C20H31N3O5/c1-20(2,3)28-19(26)23-16(17(24)21-4)12-8-9-13-22-18(25)27-14-15-10-6-5-7-11-15/h5-7,10-11,16H,8-9,12-14H2,1-4H3,(H,21,24)(H,22,25)(H,23,26)/t16-/m0/s1. The van der Waals surface area contributed by atoms with Crippen LogP contribution in [0.15, 0.2) is 30.3 Å². The Morgan fingerprint density at radius 1 is 1.04 bits per heavy atom. The van der Waals surface area contributed by atoms with Crippen molar-refractivity contribution in [2.45, 2.75) is 58.3 Å². The summed E-state index contributed by atoms with van der Waals surface area (Å²) in [4.78, 5) is 35.5.